The lowest BCUT2D eigenvalue weighted by Gasteiger charge is -2.57. The lowest BCUT2D eigenvalue weighted by atomic mass is 9.49. The second-order valence-electron chi connectivity index (χ2n) is 8.77. The van der Waals surface area contributed by atoms with Crippen LogP contribution in [0, 0.1) is 23.2 Å². The molecule has 0 aromatic heterocycles. The average Bonchev–Trinajstić information content (AvgIpc) is 2.25. The van der Waals surface area contributed by atoms with Crippen LogP contribution < -0.4 is 0 Å². The Labute approximate surface area is 120 Å². The van der Waals surface area contributed by atoms with Gasteiger partial charge in [-0.25, -0.2) is 0 Å². The first-order chi connectivity index (χ1) is 8.89. The van der Waals surface area contributed by atoms with Gasteiger partial charge in [-0.2, -0.15) is 0 Å². The van der Waals surface area contributed by atoms with E-state index in [1.807, 2.05) is 0 Å². The Kier molecular flexibility index (Phi) is 3.62. The van der Waals surface area contributed by atoms with Crippen LogP contribution in [0.5, 0.6) is 0 Å². The molecule has 1 nitrogen and oxygen atoms in total. The molecule has 0 aromatic carbocycles. The van der Waals surface area contributed by atoms with Crippen molar-refractivity contribution in [3.63, 3.8) is 0 Å². The first-order valence-electron chi connectivity index (χ1n) is 8.52. The molecule has 0 aliphatic heterocycles. The van der Waals surface area contributed by atoms with Crippen molar-refractivity contribution < 1.29 is 4.43 Å². The molecule has 4 aliphatic rings. The monoisotopic (exact) mass is 280 g/mol. The minimum Gasteiger partial charge on any atom is -0.417 e. The van der Waals surface area contributed by atoms with Crippen LogP contribution in [-0.2, 0) is 4.43 Å². The smallest absolute Gasteiger partial charge is 0.189 e. The molecule has 110 valence electrons. The van der Waals surface area contributed by atoms with Crippen LogP contribution in [0.1, 0.15) is 58.8 Å². The van der Waals surface area contributed by atoms with E-state index in [1.165, 1.54) is 25.7 Å². The van der Waals surface area contributed by atoms with Gasteiger partial charge in [-0.05, 0) is 86.7 Å². The largest absolute Gasteiger partial charge is 0.417 e. The van der Waals surface area contributed by atoms with Gasteiger partial charge in [0.25, 0.3) is 0 Å². The zero-order valence-electron chi connectivity index (χ0n) is 13.4. The quantitative estimate of drug-likeness (QED) is 0.627. The lowest BCUT2D eigenvalue weighted by molar-refractivity contribution is -0.0627. The Morgan fingerprint density at radius 1 is 1.00 bits per heavy atom. The molecule has 0 unspecified atom stereocenters. The second kappa shape index (κ2) is 4.87. The average molecular weight is 281 g/mol. The normalized spacial score (nSPS) is 41.2. The fraction of sp³-hybridized carbons (Fsp3) is 1.00. The summed E-state index contributed by atoms with van der Waals surface area (Å²) >= 11 is 0. The van der Waals surface area contributed by atoms with Gasteiger partial charge in [0, 0.05) is 6.61 Å². The van der Waals surface area contributed by atoms with E-state index in [2.05, 4.69) is 26.9 Å². The summed E-state index contributed by atoms with van der Waals surface area (Å²) in [5.74, 6) is 3.25. The van der Waals surface area contributed by atoms with Crippen molar-refractivity contribution in [3.05, 3.63) is 0 Å². The maximum absolute atomic E-state index is 6.37. The highest BCUT2D eigenvalue weighted by atomic mass is 28.4. The van der Waals surface area contributed by atoms with Crippen LogP contribution in [0.15, 0.2) is 0 Å². The van der Waals surface area contributed by atoms with E-state index in [1.54, 1.807) is 19.3 Å². The van der Waals surface area contributed by atoms with E-state index in [-0.39, 0.29) is 0 Å². The molecule has 4 aliphatic carbocycles. The van der Waals surface area contributed by atoms with E-state index < -0.39 is 8.32 Å². The zero-order valence-corrected chi connectivity index (χ0v) is 14.4. The molecule has 2 heteroatoms. The lowest BCUT2D eigenvalue weighted by Crippen LogP contribution is -2.47. The molecule has 0 saturated heterocycles. The highest BCUT2D eigenvalue weighted by Crippen LogP contribution is 2.61. The summed E-state index contributed by atoms with van der Waals surface area (Å²) in [6.07, 6.45) is 10.6. The molecule has 0 atom stereocenters. The van der Waals surface area contributed by atoms with Gasteiger partial charge >= 0.3 is 0 Å². The Bertz CT molecular complexity index is 299. The maximum Gasteiger partial charge on any atom is 0.189 e. The number of hydrogen-bond donors (Lipinski definition) is 0. The summed E-state index contributed by atoms with van der Waals surface area (Å²) in [4.78, 5) is 0. The van der Waals surface area contributed by atoms with E-state index in [4.69, 9.17) is 4.43 Å². The van der Waals surface area contributed by atoms with Gasteiger partial charge in [0.2, 0.25) is 0 Å². The highest BCUT2D eigenvalue weighted by Gasteiger charge is 2.50. The SMILES string of the molecule is CC(C)[Si](C)(C)OCCC12CC3CC(CC(C3)C1)C2. The van der Waals surface area contributed by atoms with Gasteiger partial charge in [0.15, 0.2) is 8.32 Å². The molecule has 19 heavy (non-hydrogen) atoms. The van der Waals surface area contributed by atoms with Gasteiger partial charge in [-0.15, -0.1) is 0 Å². The van der Waals surface area contributed by atoms with Crippen molar-refractivity contribution in [1.82, 2.24) is 0 Å². The van der Waals surface area contributed by atoms with Gasteiger partial charge in [0.1, 0.15) is 0 Å². The van der Waals surface area contributed by atoms with Crippen LogP contribution in [0.25, 0.3) is 0 Å². The van der Waals surface area contributed by atoms with E-state index in [0.29, 0.717) is 5.41 Å². The summed E-state index contributed by atoms with van der Waals surface area (Å²) < 4.78 is 6.37. The van der Waals surface area contributed by atoms with Crippen LogP contribution in [0.2, 0.25) is 18.6 Å². The minimum atomic E-state index is -1.42. The fourth-order valence-electron chi connectivity index (χ4n) is 5.29. The first-order valence-corrected chi connectivity index (χ1v) is 11.5. The van der Waals surface area contributed by atoms with Crippen molar-refractivity contribution in [3.8, 4) is 0 Å². The Balaban J connectivity index is 1.55. The molecule has 4 saturated carbocycles. The molecule has 0 heterocycles. The van der Waals surface area contributed by atoms with Crippen molar-refractivity contribution in [2.24, 2.45) is 23.2 Å². The van der Waals surface area contributed by atoms with Gasteiger partial charge < -0.3 is 4.43 Å². The van der Waals surface area contributed by atoms with E-state index in [9.17, 15) is 0 Å². The third-order valence-corrected chi connectivity index (χ3v) is 10.4. The van der Waals surface area contributed by atoms with E-state index >= 15 is 0 Å². The number of hydrogen-bond acceptors (Lipinski definition) is 1. The third-order valence-electron chi connectivity index (χ3n) is 6.66. The molecular formula is C17H32OSi. The number of rotatable bonds is 5. The van der Waals surface area contributed by atoms with Crippen molar-refractivity contribution in [2.75, 3.05) is 6.61 Å². The molecule has 0 radical (unpaired) electrons. The Hall–Kier alpha value is 0.177. The molecule has 4 fully saturated rings. The molecule has 0 N–H and O–H groups in total. The van der Waals surface area contributed by atoms with Crippen molar-refractivity contribution in [1.29, 1.82) is 0 Å². The van der Waals surface area contributed by atoms with Gasteiger partial charge in [0.05, 0.1) is 0 Å². The van der Waals surface area contributed by atoms with Crippen molar-refractivity contribution >= 4 is 8.32 Å². The maximum atomic E-state index is 6.37. The van der Waals surface area contributed by atoms with Crippen LogP contribution in [0.3, 0.4) is 0 Å². The summed E-state index contributed by atoms with van der Waals surface area (Å²) in [5.41, 5.74) is 1.44. The minimum absolute atomic E-state index is 0.705. The van der Waals surface area contributed by atoms with E-state index in [0.717, 1.165) is 29.9 Å². The predicted molar refractivity (Wildman–Crippen MR) is 83.8 cm³/mol. The summed E-state index contributed by atoms with van der Waals surface area (Å²) in [7, 11) is -1.42. The fourth-order valence-corrected chi connectivity index (χ4v) is 6.25. The van der Waals surface area contributed by atoms with Crippen LogP contribution in [0.4, 0.5) is 0 Å². The van der Waals surface area contributed by atoms with Gasteiger partial charge in [-0.1, -0.05) is 13.8 Å². The molecular weight excluding hydrogens is 248 g/mol. The summed E-state index contributed by atoms with van der Waals surface area (Å²) in [6, 6.07) is 0. The first kappa shape index (κ1) is 14.1. The van der Waals surface area contributed by atoms with Crippen LogP contribution >= 0.6 is 0 Å². The summed E-state index contributed by atoms with van der Waals surface area (Å²) in [5, 5.41) is 0. The second-order valence-corrected chi connectivity index (χ2v) is 13.4. The topological polar surface area (TPSA) is 9.23 Å². The third kappa shape index (κ3) is 2.81. The summed E-state index contributed by atoms with van der Waals surface area (Å²) in [6.45, 7) is 10.5. The van der Waals surface area contributed by atoms with Crippen molar-refractivity contribution in [2.45, 2.75) is 77.4 Å². The Morgan fingerprint density at radius 2 is 1.47 bits per heavy atom. The molecule has 4 bridgehead atoms. The zero-order chi connectivity index (χ0) is 13.7. The molecule has 0 spiro atoms. The standard InChI is InChI=1S/C17H32OSi/c1-13(2)19(3,4)18-6-5-17-10-14-7-15(11-17)9-16(8-14)12-17/h13-16H,5-12H2,1-4H3. The Morgan fingerprint density at radius 3 is 1.89 bits per heavy atom. The molecule has 0 amide bonds. The predicted octanol–water partition coefficient (Wildman–Crippen LogP) is 5.22. The van der Waals surface area contributed by atoms with Gasteiger partial charge in [-0.3, -0.25) is 0 Å². The van der Waals surface area contributed by atoms with Crippen LogP contribution in [-0.4, -0.2) is 14.9 Å². The highest BCUT2D eigenvalue weighted by molar-refractivity contribution is 6.72. The molecule has 4 rings (SSSR count). The molecule has 0 aromatic rings.